The number of carbonyl (C=O) groups excluding carboxylic acids is 2. The molecule has 0 fully saturated rings. The SMILES string of the molecule is CCCCC/C=C/C/C=C/C/C=C/C/C=C/C/C=C/CCCCC(=O)OC(COCCC(C(=O)O)[N+](C)(C)C)COC(=O)CCCCC/C=C/CCCCCCCC. The molecule has 0 aliphatic carbocycles. The summed E-state index contributed by atoms with van der Waals surface area (Å²) >= 11 is 0. The second-order valence-electron chi connectivity index (χ2n) is 16.3. The fourth-order valence-corrected chi connectivity index (χ4v) is 6.22. The number of allylic oxidation sites excluding steroid dienone is 12. The molecular formula is C50H86NO7+. The first-order valence-corrected chi connectivity index (χ1v) is 23.0. The molecule has 0 spiro atoms. The zero-order chi connectivity index (χ0) is 42.8. The lowest BCUT2D eigenvalue weighted by Gasteiger charge is -2.31. The topological polar surface area (TPSA) is 99.1 Å². The normalized spacial score (nSPS) is 13.6. The van der Waals surface area contributed by atoms with Gasteiger partial charge in [0.2, 0.25) is 0 Å². The summed E-state index contributed by atoms with van der Waals surface area (Å²) in [7, 11) is 5.50. The van der Waals surface area contributed by atoms with Crippen LogP contribution in [0.25, 0.3) is 0 Å². The smallest absolute Gasteiger partial charge is 0.362 e. The molecule has 0 aliphatic rings. The number of rotatable bonds is 40. The van der Waals surface area contributed by atoms with Crippen LogP contribution < -0.4 is 0 Å². The predicted molar refractivity (Wildman–Crippen MR) is 243 cm³/mol. The second kappa shape index (κ2) is 40.5. The summed E-state index contributed by atoms with van der Waals surface area (Å²) in [5.41, 5.74) is 0. The van der Waals surface area contributed by atoms with E-state index >= 15 is 0 Å². The van der Waals surface area contributed by atoms with Gasteiger partial charge in [0, 0.05) is 19.3 Å². The Kier molecular flexibility index (Phi) is 38.3. The van der Waals surface area contributed by atoms with Crippen molar-refractivity contribution >= 4 is 17.9 Å². The van der Waals surface area contributed by atoms with Gasteiger partial charge in [-0.2, -0.15) is 0 Å². The summed E-state index contributed by atoms with van der Waals surface area (Å²) < 4.78 is 17.2. The average Bonchev–Trinajstić information content (AvgIpc) is 3.18. The Bertz CT molecular complexity index is 1180. The van der Waals surface area contributed by atoms with Gasteiger partial charge in [0.1, 0.15) is 6.61 Å². The number of unbranched alkanes of at least 4 members (excludes halogenated alkanes) is 14. The van der Waals surface area contributed by atoms with E-state index in [4.69, 9.17) is 14.2 Å². The Labute approximate surface area is 355 Å². The van der Waals surface area contributed by atoms with Crippen molar-refractivity contribution in [2.75, 3.05) is 41.0 Å². The monoisotopic (exact) mass is 813 g/mol. The number of hydrogen-bond donors (Lipinski definition) is 1. The van der Waals surface area contributed by atoms with Crippen molar-refractivity contribution in [1.29, 1.82) is 0 Å². The number of ether oxygens (including phenoxy) is 3. The molecule has 0 saturated carbocycles. The molecule has 0 saturated heterocycles. The lowest BCUT2D eigenvalue weighted by Crippen LogP contribution is -2.50. The standard InChI is InChI=1S/C50H85NO7/c1-6-8-10-12-14-16-18-20-21-22-23-24-25-26-27-29-31-33-35-37-39-41-49(53)58-46(44-56-43-42-47(50(54)55)51(3,4)5)45-57-48(52)40-38-36-34-32-30-28-19-17-15-13-11-9-7-2/h14,16,20-21,23-24,26-28,30-31,33,46-47H,6-13,15,17-19,22,25,29,32,34-45H2,1-5H3/p+1/b16-14+,21-20+,24-23+,27-26+,30-28+,33-31+. The third kappa shape index (κ3) is 38.3. The molecule has 0 radical (unpaired) electrons. The van der Waals surface area contributed by atoms with Crippen molar-refractivity contribution in [1.82, 2.24) is 0 Å². The molecule has 2 unspecified atom stereocenters. The van der Waals surface area contributed by atoms with Gasteiger partial charge in [-0.1, -0.05) is 138 Å². The van der Waals surface area contributed by atoms with Crippen LogP contribution in [0.4, 0.5) is 0 Å². The molecular weight excluding hydrogens is 727 g/mol. The van der Waals surface area contributed by atoms with Crippen LogP contribution in [0.2, 0.25) is 0 Å². The van der Waals surface area contributed by atoms with E-state index in [0.717, 1.165) is 70.6 Å². The maximum absolute atomic E-state index is 12.7. The summed E-state index contributed by atoms with van der Waals surface area (Å²) in [5.74, 6) is -1.55. The van der Waals surface area contributed by atoms with Crippen LogP contribution in [0.1, 0.15) is 174 Å². The molecule has 0 bridgehead atoms. The van der Waals surface area contributed by atoms with Crippen LogP contribution in [0.5, 0.6) is 0 Å². The Hall–Kier alpha value is -3.23. The van der Waals surface area contributed by atoms with Gasteiger partial charge in [-0.05, 0) is 89.9 Å². The van der Waals surface area contributed by atoms with Crippen molar-refractivity contribution in [3.63, 3.8) is 0 Å². The lowest BCUT2D eigenvalue weighted by molar-refractivity contribution is -0.887. The van der Waals surface area contributed by atoms with Gasteiger partial charge in [0.05, 0.1) is 34.4 Å². The van der Waals surface area contributed by atoms with E-state index in [1.807, 2.05) is 21.1 Å². The Morgan fingerprint density at radius 2 is 0.914 bits per heavy atom. The van der Waals surface area contributed by atoms with Crippen LogP contribution >= 0.6 is 0 Å². The maximum atomic E-state index is 12.7. The molecule has 8 nitrogen and oxygen atoms in total. The Morgan fingerprint density at radius 3 is 1.43 bits per heavy atom. The van der Waals surface area contributed by atoms with Gasteiger partial charge in [-0.15, -0.1) is 0 Å². The minimum absolute atomic E-state index is 0.0355. The van der Waals surface area contributed by atoms with Gasteiger partial charge in [0.25, 0.3) is 0 Å². The summed E-state index contributed by atoms with van der Waals surface area (Å²) in [5, 5.41) is 9.62. The number of esters is 2. The molecule has 2 atom stereocenters. The van der Waals surface area contributed by atoms with Crippen molar-refractivity contribution in [3.8, 4) is 0 Å². The van der Waals surface area contributed by atoms with E-state index in [2.05, 4.69) is 86.8 Å². The average molecular weight is 813 g/mol. The zero-order valence-electron chi connectivity index (χ0n) is 37.7. The van der Waals surface area contributed by atoms with E-state index in [-0.39, 0.29) is 42.7 Å². The van der Waals surface area contributed by atoms with Crippen LogP contribution in [0.15, 0.2) is 72.9 Å². The van der Waals surface area contributed by atoms with Gasteiger partial charge >= 0.3 is 17.9 Å². The highest BCUT2D eigenvalue weighted by molar-refractivity contribution is 5.72. The zero-order valence-corrected chi connectivity index (χ0v) is 37.7. The van der Waals surface area contributed by atoms with Crippen LogP contribution in [0.3, 0.4) is 0 Å². The summed E-state index contributed by atoms with van der Waals surface area (Å²) in [6.07, 6.45) is 50.9. The number of carboxylic acid groups (broad SMARTS) is 1. The van der Waals surface area contributed by atoms with Crippen LogP contribution in [-0.4, -0.2) is 80.6 Å². The molecule has 332 valence electrons. The minimum atomic E-state index is -0.887. The second-order valence-corrected chi connectivity index (χ2v) is 16.3. The molecule has 0 aromatic rings. The molecule has 0 aromatic carbocycles. The van der Waals surface area contributed by atoms with Crippen molar-refractivity contribution in [3.05, 3.63) is 72.9 Å². The largest absolute Gasteiger partial charge is 0.477 e. The summed E-state index contributed by atoms with van der Waals surface area (Å²) in [6.45, 7) is 4.62. The van der Waals surface area contributed by atoms with Crippen molar-refractivity contribution in [2.24, 2.45) is 0 Å². The van der Waals surface area contributed by atoms with Gasteiger partial charge in [-0.25, -0.2) is 4.79 Å². The highest BCUT2D eigenvalue weighted by Gasteiger charge is 2.31. The Balaban J connectivity index is 4.44. The van der Waals surface area contributed by atoms with Crippen LogP contribution in [-0.2, 0) is 28.6 Å². The number of hydrogen-bond acceptors (Lipinski definition) is 6. The highest BCUT2D eigenvalue weighted by atomic mass is 16.6. The summed E-state index contributed by atoms with van der Waals surface area (Å²) in [6, 6.07) is -0.628. The Morgan fingerprint density at radius 1 is 0.517 bits per heavy atom. The highest BCUT2D eigenvalue weighted by Crippen LogP contribution is 2.12. The molecule has 8 heteroatoms. The molecule has 58 heavy (non-hydrogen) atoms. The van der Waals surface area contributed by atoms with E-state index in [0.29, 0.717) is 19.3 Å². The van der Waals surface area contributed by atoms with E-state index < -0.39 is 18.1 Å². The van der Waals surface area contributed by atoms with E-state index in [9.17, 15) is 19.5 Å². The summed E-state index contributed by atoms with van der Waals surface area (Å²) in [4.78, 5) is 37.0. The van der Waals surface area contributed by atoms with Gasteiger partial charge in [-0.3, -0.25) is 9.59 Å². The molecule has 0 amide bonds. The number of nitrogens with zero attached hydrogens (tertiary/aromatic N) is 1. The lowest BCUT2D eigenvalue weighted by atomic mass is 10.1. The third-order valence-electron chi connectivity index (χ3n) is 9.83. The number of quaternary nitrogens is 1. The van der Waals surface area contributed by atoms with Crippen molar-refractivity contribution < 1.29 is 38.2 Å². The van der Waals surface area contributed by atoms with Crippen LogP contribution in [0, 0.1) is 0 Å². The fourth-order valence-electron chi connectivity index (χ4n) is 6.22. The molecule has 1 N–H and O–H groups in total. The predicted octanol–water partition coefficient (Wildman–Crippen LogP) is 12.7. The first-order valence-electron chi connectivity index (χ1n) is 23.0. The molecule has 0 rings (SSSR count). The molecule has 0 heterocycles. The first kappa shape index (κ1) is 54.8. The van der Waals surface area contributed by atoms with E-state index in [1.54, 1.807) is 0 Å². The first-order chi connectivity index (χ1) is 28.1. The van der Waals surface area contributed by atoms with Gasteiger partial charge < -0.3 is 23.8 Å². The molecule has 0 aromatic heterocycles. The number of carbonyl (C=O) groups is 3. The maximum Gasteiger partial charge on any atom is 0.362 e. The quantitative estimate of drug-likeness (QED) is 0.0285. The number of carboxylic acids is 1. The minimum Gasteiger partial charge on any atom is -0.477 e. The fraction of sp³-hybridized carbons (Fsp3) is 0.700. The van der Waals surface area contributed by atoms with Crippen molar-refractivity contribution in [2.45, 2.75) is 187 Å². The van der Waals surface area contributed by atoms with E-state index in [1.165, 1.54) is 64.2 Å². The van der Waals surface area contributed by atoms with Gasteiger partial charge in [0.15, 0.2) is 12.1 Å². The number of likely N-dealkylation sites (N-methyl/N-ethyl adjacent to an activating group) is 1. The molecule has 0 aliphatic heterocycles. The third-order valence-corrected chi connectivity index (χ3v) is 9.83. The number of aliphatic carboxylic acids is 1.